The fourth-order valence-corrected chi connectivity index (χ4v) is 4.98. The van der Waals surface area contributed by atoms with E-state index in [0.717, 1.165) is 65.8 Å². The van der Waals surface area contributed by atoms with Gasteiger partial charge in [-0.3, -0.25) is 4.79 Å². The molecule has 2 atom stereocenters. The first-order valence-corrected chi connectivity index (χ1v) is 12.0. The van der Waals surface area contributed by atoms with E-state index in [-0.39, 0.29) is 11.8 Å². The molecule has 1 unspecified atom stereocenters. The van der Waals surface area contributed by atoms with Crippen LogP contribution in [0.4, 0.5) is 0 Å². The van der Waals surface area contributed by atoms with Crippen molar-refractivity contribution in [3.05, 3.63) is 52.7 Å². The van der Waals surface area contributed by atoms with Crippen LogP contribution in [0.25, 0.3) is 11.0 Å². The number of nitrogens with zero attached hydrogens (tertiary/aromatic N) is 1. The Kier molecular flexibility index (Phi) is 7.21. The Morgan fingerprint density at radius 2 is 2.03 bits per heavy atom. The Bertz CT molecular complexity index is 1120. The number of carboxylic acid groups (broad SMARTS) is 1. The highest BCUT2D eigenvalue weighted by atomic mass is 16.5. The highest BCUT2D eigenvalue weighted by Crippen LogP contribution is 2.41. The van der Waals surface area contributed by atoms with Gasteiger partial charge in [-0.2, -0.15) is 0 Å². The average molecular weight is 452 g/mol. The molecule has 0 radical (unpaired) electrons. The second kappa shape index (κ2) is 10.3. The summed E-state index contributed by atoms with van der Waals surface area (Å²) in [7, 11) is 0. The van der Waals surface area contributed by atoms with Crippen LogP contribution >= 0.6 is 0 Å². The molecule has 1 N–H and O–H groups in total. The van der Waals surface area contributed by atoms with Crippen LogP contribution in [-0.2, 0) is 17.6 Å². The van der Waals surface area contributed by atoms with Gasteiger partial charge in [-0.05, 0) is 73.9 Å². The second-order valence-electron chi connectivity index (χ2n) is 8.85. The van der Waals surface area contributed by atoms with Gasteiger partial charge in [0.1, 0.15) is 11.5 Å². The van der Waals surface area contributed by atoms with Gasteiger partial charge in [-0.25, -0.2) is 0 Å². The molecule has 6 nitrogen and oxygen atoms in total. The Hall–Kier alpha value is -3.02. The molecule has 0 saturated heterocycles. The minimum absolute atomic E-state index is 0.104. The van der Waals surface area contributed by atoms with Gasteiger partial charge >= 0.3 is 5.97 Å². The van der Waals surface area contributed by atoms with Crippen molar-refractivity contribution in [2.75, 3.05) is 13.2 Å². The molecule has 1 aliphatic carbocycles. The van der Waals surface area contributed by atoms with Gasteiger partial charge in [0.2, 0.25) is 0 Å². The lowest BCUT2D eigenvalue weighted by Gasteiger charge is -2.19. The lowest BCUT2D eigenvalue weighted by molar-refractivity contribution is -0.142. The fourth-order valence-electron chi connectivity index (χ4n) is 4.98. The van der Waals surface area contributed by atoms with Crippen molar-refractivity contribution in [1.29, 1.82) is 0 Å². The summed E-state index contributed by atoms with van der Waals surface area (Å²) < 4.78 is 17.6. The van der Waals surface area contributed by atoms with E-state index in [2.05, 4.69) is 24.2 Å². The summed E-state index contributed by atoms with van der Waals surface area (Å²) in [6.07, 6.45) is 5.11. The molecule has 176 valence electrons. The number of rotatable bonds is 11. The lowest BCUT2D eigenvalue weighted by atomic mass is 9.85. The molecule has 2 aromatic carbocycles. The smallest absolute Gasteiger partial charge is 0.307 e. The largest absolute Gasteiger partial charge is 0.493 e. The minimum atomic E-state index is -0.699. The summed E-state index contributed by atoms with van der Waals surface area (Å²) >= 11 is 0. The molecule has 1 aromatic heterocycles. The van der Waals surface area contributed by atoms with Gasteiger partial charge in [-0.15, -0.1) is 0 Å². The van der Waals surface area contributed by atoms with E-state index < -0.39 is 5.97 Å². The van der Waals surface area contributed by atoms with E-state index in [9.17, 15) is 9.90 Å². The highest BCUT2D eigenvalue weighted by molar-refractivity contribution is 5.84. The number of carboxylic acids is 1. The molecular formula is C27H33NO5. The maximum atomic E-state index is 11.6. The zero-order valence-corrected chi connectivity index (χ0v) is 19.7. The van der Waals surface area contributed by atoms with Gasteiger partial charge in [0, 0.05) is 17.4 Å². The SMILES string of the molecule is CCCc1c(OCCCOc2ccc3c(c2)CC[C@H]3C(CC)C(=O)O)ccc2c(C)noc12. The van der Waals surface area contributed by atoms with Crippen LogP contribution in [0.2, 0.25) is 0 Å². The number of aromatic nitrogens is 1. The topological polar surface area (TPSA) is 81.8 Å². The number of aliphatic carboxylic acids is 1. The average Bonchev–Trinajstić information content (AvgIpc) is 3.39. The molecule has 0 saturated carbocycles. The molecule has 0 spiro atoms. The van der Waals surface area contributed by atoms with Crippen molar-refractivity contribution in [1.82, 2.24) is 5.16 Å². The number of ether oxygens (including phenoxy) is 2. The van der Waals surface area contributed by atoms with E-state index in [4.69, 9.17) is 14.0 Å². The molecule has 3 aromatic rings. The molecule has 0 fully saturated rings. The van der Waals surface area contributed by atoms with Crippen molar-refractivity contribution >= 4 is 16.9 Å². The molecule has 4 rings (SSSR count). The van der Waals surface area contributed by atoms with Crippen molar-refractivity contribution in [2.45, 2.75) is 65.2 Å². The summed E-state index contributed by atoms with van der Waals surface area (Å²) in [5.74, 6) is 0.784. The maximum absolute atomic E-state index is 11.6. The van der Waals surface area contributed by atoms with E-state index in [1.807, 2.05) is 32.0 Å². The van der Waals surface area contributed by atoms with Gasteiger partial charge in [0.25, 0.3) is 0 Å². The van der Waals surface area contributed by atoms with Crippen LogP contribution in [0.3, 0.4) is 0 Å². The normalized spacial score (nSPS) is 16.0. The van der Waals surface area contributed by atoms with Crippen molar-refractivity contribution in [3.63, 3.8) is 0 Å². The molecule has 6 heteroatoms. The maximum Gasteiger partial charge on any atom is 0.307 e. The first-order chi connectivity index (χ1) is 16.0. The number of hydrogen-bond acceptors (Lipinski definition) is 5. The third-order valence-electron chi connectivity index (χ3n) is 6.68. The van der Waals surface area contributed by atoms with Crippen molar-refractivity contribution in [3.8, 4) is 11.5 Å². The third kappa shape index (κ3) is 4.85. The molecule has 0 amide bonds. The Labute approximate surface area is 194 Å². The molecule has 0 aliphatic heterocycles. The molecule has 33 heavy (non-hydrogen) atoms. The number of fused-ring (bicyclic) bond motifs is 2. The molecular weight excluding hydrogens is 418 g/mol. The molecule has 1 aliphatic rings. The number of hydrogen-bond donors (Lipinski definition) is 1. The number of carbonyl (C=O) groups is 1. The monoisotopic (exact) mass is 451 g/mol. The zero-order chi connectivity index (χ0) is 23.4. The Balaban J connectivity index is 1.31. The Morgan fingerprint density at radius 3 is 2.79 bits per heavy atom. The summed E-state index contributed by atoms with van der Waals surface area (Å²) in [6, 6.07) is 10.1. The van der Waals surface area contributed by atoms with Gasteiger partial charge in [0.15, 0.2) is 5.58 Å². The number of benzene rings is 2. The summed E-state index contributed by atoms with van der Waals surface area (Å²) in [4.78, 5) is 11.6. The first kappa shape index (κ1) is 23.1. The first-order valence-electron chi connectivity index (χ1n) is 12.0. The number of aryl methyl sites for hydroxylation is 3. The highest BCUT2D eigenvalue weighted by Gasteiger charge is 2.33. The summed E-state index contributed by atoms with van der Waals surface area (Å²) in [5, 5.41) is 14.7. The second-order valence-corrected chi connectivity index (χ2v) is 8.85. The van der Waals surface area contributed by atoms with E-state index >= 15 is 0 Å². The quantitative estimate of drug-likeness (QED) is 0.356. The van der Waals surface area contributed by atoms with Crippen molar-refractivity contribution in [2.24, 2.45) is 5.92 Å². The molecule has 0 bridgehead atoms. The van der Waals surface area contributed by atoms with Crippen LogP contribution in [0.15, 0.2) is 34.9 Å². The third-order valence-corrected chi connectivity index (χ3v) is 6.68. The predicted octanol–water partition coefficient (Wildman–Crippen LogP) is 6.08. The minimum Gasteiger partial charge on any atom is -0.493 e. The van der Waals surface area contributed by atoms with Crippen LogP contribution in [-0.4, -0.2) is 29.4 Å². The molecule has 1 heterocycles. The van der Waals surface area contributed by atoms with Crippen LogP contribution < -0.4 is 9.47 Å². The fraction of sp³-hybridized carbons (Fsp3) is 0.481. The summed E-state index contributed by atoms with van der Waals surface area (Å²) in [6.45, 7) is 7.16. The van der Waals surface area contributed by atoms with Crippen LogP contribution in [0, 0.1) is 12.8 Å². The van der Waals surface area contributed by atoms with E-state index in [0.29, 0.717) is 19.6 Å². The van der Waals surface area contributed by atoms with Gasteiger partial charge < -0.3 is 19.1 Å². The van der Waals surface area contributed by atoms with Crippen LogP contribution in [0.1, 0.15) is 67.8 Å². The summed E-state index contributed by atoms with van der Waals surface area (Å²) in [5.41, 5.74) is 5.19. The van der Waals surface area contributed by atoms with Crippen molar-refractivity contribution < 1.29 is 23.9 Å². The predicted molar refractivity (Wildman–Crippen MR) is 127 cm³/mol. The van der Waals surface area contributed by atoms with E-state index in [1.54, 1.807) is 0 Å². The van der Waals surface area contributed by atoms with Gasteiger partial charge in [0.05, 0.1) is 24.8 Å². The standard InChI is InChI=1S/C27H33NO5/c1-4-7-24-25(13-12-21-17(3)28-33-26(21)24)32-15-6-14-31-19-9-11-22-18(16-19)8-10-23(22)20(5-2)27(29)30/h9,11-13,16,20,23H,4-8,10,14-15H2,1-3H3,(H,29,30)/t20?,23-/m0/s1. The van der Waals surface area contributed by atoms with Crippen LogP contribution in [0.5, 0.6) is 11.5 Å². The van der Waals surface area contributed by atoms with E-state index in [1.165, 1.54) is 11.1 Å². The zero-order valence-electron chi connectivity index (χ0n) is 19.7. The lowest BCUT2D eigenvalue weighted by Crippen LogP contribution is -2.19. The van der Waals surface area contributed by atoms with Gasteiger partial charge in [-0.1, -0.05) is 31.5 Å². The Morgan fingerprint density at radius 1 is 1.21 bits per heavy atom.